The van der Waals surface area contributed by atoms with Gasteiger partial charge in [-0.3, -0.25) is 4.90 Å². The van der Waals surface area contributed by atoms with Crippen molar-refractivity contribution in [3.8, 4) is 17.2 Å². The maximum absolute atomic E-state index is 14.8. The third kappa shape index (κ3) is 4.92. The fourth-order valence-electron chi connectivity index (χ4n) is 5.04. The van der Waals surface area contributed by atoms with Crippen LogP contribution in [0.2, 0.25) is 0 Å². The van der Waals surface area contributed by atoms with Crippen molar-refractivity contribution in [1.29, 1.82) is 0 Å². The van der Waals surface area contributed by atoms with Gasteiger partial charge in [-0.2, -0.15) is 4.52 Å². The van der Waals surface area contributed by atoms with Gasteiger partial charge in [-0.25, -0.2) is 14.4 Å². The van der Waals surface area contributed by atoms with E-state index in [1.807, 2.05) is 18.2 Å². The number of likely N-dealkylation sites (tertiary alicyclic amines) is 1. The molecule has 5 rings (SSSR count). The van der Waals surface area contributed by atoms with Gasteiger partial charge < -0.3 is 19.5 Å². The van der Waals surface area contributed by atoms with Crippen molar-refractivity contribution >= 4 is 22.5 Å². The van der Waals surface area contributed by atoms with Crippen LogP contribution in [-0.4, -0.2) is 64.4 Å². The molecule has 0 radical (unpaired) electrons. The van der Waals surface area contributed by atoms with Crippen molar-refractivity contribution in [1.82, 2.24) is 24.5 Å². The highest BCUT2D eigenvalue weighted by molar-refractivity contribution is 5.93. The molecule has 1 aliphatic rings. The molecule has 1 fully saturated rings. The topological polar surface area (TPSA) is 86.0 Å². The molecule has 1 unspecified atom stereocenters. The Bertz CT molecular complexity index is 1470. The number of ether oxygens (including phenoxy) is 3. The van der Waals surface area contributed by atoms with Gasteiger partial charge in [-0.15, -0.1) is 5.10 Å². The van der Waals surface area contributed by atoms with E-state index in [9.17, 15) is 4.39 Å². The number of nitrogens with one attached hydrogen (secondary N) is 1. The van der Waals surface area contributed by atoms with Crippen LogP contribution < -0.4 is 19.5 Å². The van der Waals surface area contributed by atoms with Crippen LogP contribution in [-0.2, 0) is 6.54 Å². The van der Waals surface area contributed by atoms with Crippen molar-refractivity contribution < 1.29 is 18.6 Å². The van der Waals surface area contributed by atoms with Crippen LogP contribution >= 0.6 is 0 Å². The Labute approximate surface area is 221 Å². The molecule has 2 aromatic carbocycles. The summed E-state index contributed by atoms with van der Waals surface area (Å²) < 4.78 is 32.5. The monoisotopic (exact) mass is 522 g/mol. The Kier molecular flexibility index (Phi) is 7.00. The third-order valence-corrected chi connectivity index (χ3v) is 7.23. The molecular weight excluding hydrogens is 487 g/mol. The van der Waals surface area contributed by atoms with Crippen LogP contribution in [0, 0.1) is 5.82 Å². The summed E-state index contributed by atoms with van der Waals surface area (Å²) >= 11 is 0. The zero-order valence-electron chi connectivity index (χ0n) is 22.8. The molecular formula is C28H35FN6O3. The zero-order valence-corrected chi connectivity index (χ0v) is 22.8. The minimum absolute atomic E-state index is 0.0654. The molecule has 2 aromatic heterocycles. The summed E-state index contributed by atoms with van der Waals surface area (Å²) in [7, 11) is 4.69. The first-order chi connectivity index (χ1) is 18.2. The molecule has 9 nitrogen and oxygen atoms in total. The largest absolute Gasteiger partial charge is 0.497 e. The highest BCUT2D eigenvalue weighted by Gasteiger charge is 2.31. The number of methoxy groups -OCH3 is 3. The lowest BCUT2D eigenvalue weighted by Gasteiger charge is -2.40. The number of fused-ring (bicyclic) bond motifs is 3. The Hall–Kier alpha value is -3.66. The minimum Gasteiger partial charge on any atom is -0.497 e. The molecule has 0 saturated carbocycles. The van der Waals surface area contributed by atoms with Crippen LogP contribution in [0.5, 0.6) is 17.2 Å². The molecule has 0 aliphatic carbocycles. The van der Waals surface area contributed by atoms with Crippen LogP contribution in [0.3, 0.4) is 0 Å². The van der Waals surface area contributed by atoms with Crippen LogP contribution in [0.4, 0.5) is 10.3 Å². The van der Waals surface area contributed by atoms with Crippen molar-refractivity contribution in [2.75, 3.05) is 39.7 Å². The van der Waals surface area contributed by atoms with E-state index in [1.165, 1.54) is 13.2 Å². The lowest BCUT2D eigenvalue weighted by Crippen LogP contribution is -2.46. The van der Waals surface area contributed by atoms with E-state index in [0.29, 0.717) is 40.5 Å². The maximum atomic E-state index is 14.8. The normalized spacial score (nSPS) is 16.7. The van der Waals surface area contributed by atoms with E-state index in [0.717, 1.165) is 37.3 Å². The number of benzene rings is 2. The van der Waals surface area contributed by atoms with Crippen LogP contribution in [0.15, 0.2) is 30.3 Å². The van der Waals surface area contributed by atoms with Crippen molar-refractivity contribution in [3.63, 3.8) is 0 Å². The molecule has 0 spiro atoms. The smallest absolute Gasteiger partial charge is 0.226 e. The van der Waals surface area contributed by atoms with Gasteiger partial charge in [0.2, 0.25) is 5.95 Å². The molecule has 1 aliphatic heterocycles. The SMILES string of the molecule is COc1ccc(CNc2nc3cc(OC)c(F)cc3c3nc(C4CCCN(C(C)(C)C)C4)nn23)c(OC)c1. The first kappa shape index (κ1) is 26.0. The molecule has 1 N–H and O–H groups in total. The second-order valence-electron chi connectivity index (χ2n) is 10.6. The number of rotatable bonds is 7. The average molecular weight is 523 g/mol. The molecule has 1 saturated heterocycles. The predicted molar refractivity (Wildman–Crippen MR) is 145 cm³/mol. The summed E-state index contributed by atoms with van der Waals surface area (Å²) in [6, 6.07) is 8.69. The first-order valence-corrected chi connectivity index (χ1v) is 12.9. The number of hydrogen-bond acceptors (Lipinski definition) is 8. The standard InChI is InChI=1S/C28H35FN6O3/c1-28(2,3)34-11-7-8-18(16-34)25-32-26-20-13-21(29)24(38-6)14-22(20)31-27(35(26)33-25)30-15-17-9-10-19(36-4)12-23(17)37-5/h9-10,12-14,18H,7-8,11,15-16H2,1-6H3,(H,30,31). The predicted octanol–water partition coefficient (Wildman–Crippen LogP) is 5.03. The van der Waals surface area contributed by atoms with Crippen molar-refractivity contribution in [2.24, 2.45) is 0 Å². The average Bonchev–Trinajstić information content (AvgIpc) is 3.37. The lowest BCUT2D eigenvalue weighted by molar-refractivity contribution is 0.0969. The van der Waals surface area contributed by atoms with Gasteiger partial charge in [0, 0.05) is 47.6 Å². The molecule has 1 atom stereocenters. The second kappa shape index (κ2) is 10.2. The van der Waals surface area contributed by atoms with E-state index in [-0.39, 0.29) is 17.2 Å². The highest BCUT2D eigenvalue weighted by Crippen LogP contribution is 2.33. The highest BCUT2D eigenvalue weighted by atomic mass is 19.1. The molecule has 38 heavy (non-hydrogen) atoms. The quantitative estimate of drug-likeness (QED) is 0.362. The third-order valence-electron chi connectivity index (χ3n) is 7.23. The van der Waals surface area contributed by atoms with Gasteiger partial charge in [0.1, 0.15) is 11.5 Å². The van der Waals surface area contributed by atoms with Gasteiger partial charge in [0.05, 0.1) is 26.8 Å². The van der Waals surface area contributed by atoms with Crippen LogP contribution in [0.1, 0.15) is 50.9 Å². The van der Waals surface area contributed by atoms with Gasteiger partial charge in [0.25, 0.3) is 0 Å². The Morgan fingerprint density at radius 2 is 1.82 bits per heavy atom. The van der Waals surface area contributed by atoms with E-state index in [2.05, 4.69) is 31.0 Å². The summed E-state index contributed by atoms with van der Waals surface area (Å²) in [5, 5.41) is 8.88. The summed E-state index contributed by atoms with van der Waals surface area (Å²) in [5.74, 6) is 2.50. The molecule has 10 heteroatoms. The van der Waals surface area contributed by atoms with E-state index in [1.54, 1.807) is 24.8 Å². The first-order valence-electron chi connectivity index (χ1n) is 12.9. The maximum Gasteiger partial charge on any atom is 0.226 e. The molecule has 0 amide bonds. The van der Waals surface area contributed by atoms with Crippen LogP contribution in [0.25, 0.3) is 16.6 Å². The molecule has 202 valence electrons. The number of hydrogen-bond donors (Lipinski definition) is 1. The number of aromatic nitrogens is 4. The van der Waals surface area contributed by atoms with Crippen molar-refractivity contribution in [3.05, 3.63) is 47.5 Å². The second-order valence-corrected chi connectivity index (χ2v) is 10.6. The number of halogens is 1. The number of piperidine rings is 1. The molecule has 4 aromatic rings. The van der Waals surface area contributed by atoms with Crippen molar-refractivity contribution in [2.45, 2.75) is 51.6 Å². The summed E-state index contributed by atoms with van der Waals surface area (Å²) in [6.07, 6.45) is 2.08. The number of nitrogens with zero attached hydrogens (tertiary/aromatic N) is 5. The van der Waals surface area contributed by atoms with Gasteiger partial charge in [-0.05, 0) is 58.4 Å². The molecule has 3 heterocycles. The van der Waals surface area contributed by atoms with Gasteiger partial charge in [-0.1, -0.05) is 0 Å². The number of anilines is 1. The fourth-order valence-corrected chi connectivity index (χ4v) is 5.04. The minimum atomic E-state index is -0.464. The van der Waals surface area contributed by atoms with E-state index < -0.39 is 5.82 Å². The summed E-state index contributed by atoms with van der Waals surface area (Å²) in [4.78, 5) is 12.2. The Morgan fingerprint density at radius 3 is 2.53 bits per heavy atom. The van der Waals surface area contributed by atoms with E-state index in [4.69, 9.17) is 29.3 Å². The summed E-state index contributed by atoms with van der Waals surface area (Å²) in [6.45, 7) is 9.05. The van der Waals surface area contributed by atoms with Gasteiger partial charge in [0.15, 0.2) is 23.0 Å². The molecule has 0 bridgehead atoms. The zero-order chi connectivity index (χ0) is 27.0. The fraction of sp³-hybridized carbons (Fsp3) is 0.464. The Morgan fingerprint density at radius 1 is 1.03 bits per heavy atom. The van der Waals surface area contributed by atoms with E-state index >= 15 is 0 Å². The lowest BCUT2D eigenvalue weighted by atomic mass is 9.93. The summed E-state index contributed by atoms with van der Waals surface area (Å²) in [5.41, 5.74) is 2.12. The Balaban J connectivity index is 1.57. The van der Waals surface area contributed by atoms with Gasteiger partial charge >= 0.3 is 0 Å².